The van der Waals surface area contributed by atoms with Crippen LogP contribution in [0.1, 0.15) is 5.56 Å². The zero-order valence-corrected chi connectivity index (χ0v) is 16.6. The Morgan fingerprint density at radius 3 is 2.17 bits per heavy atom. The lowest BCUT2D eigenvalue weighted by Gasteiger charge is -2.32. The fourth-order valence-electron chi connectivity index (χ4n) is 3.81. The zero-order chi connectivity index (χ0) is 19.9. The van der Waals surface area contributed by atoms with Crippen LogP contribution >= 0.6 is 0 Å². The number of benzene rings is 3. The Morgan fingerprint density at radius 1 is 0.828 bits per heavy atom. The Morgan fingerprint density at radius 2 is 1.45 bits per heavy atom. The van der Waals surface area contributed by atoms with Gasteiger partial charge in [0.25, 0.3) is 5.91 Å². The normalized spacial score (nSPS) is 14.6. The van der Waals surface area contributed by atoms with E-state index in [2.05, 4.69) is 36.4 Å². The molecule has 1 saturated heterocycles. The van der Waals surface area contributed by atoms with Crippen molar-refractivity contribution in [1.82, 2.24) is 4.90 Å². The molecule has 1 fully saturated rings. The second-order valence-corrected chi connectivity index (χ2v) is 7.44. The van der Waals surface area contributed by atoms with Crippen LogP contribution in [0.2, 0.25) is 0 Å². The van der Waals surface area contributed by atoms with Crippen LogP contribution in [0.25, 0.3) is 11.1 Å². The van der Waals surface area contributed by atoms with Crippen molar-refractivity contribution in [3.8, 4) is 16.9 Å². The molecule has 3 aromatic rings. The molecule has 1 amide bonds. The van der Waals surface area contributed by atoms with Crippen molar-refractivity contribution in [3.05, 3.63) is 90.5 Å². The lowest BCUT2D eigenvalue weighted by molar-refractivity contribution is -0.917. The second-order valence-electron chi connectivity index (χ2n) is 7.44. The topological polar surface area (TPSA) is 34.0 Å². The van der Waals surface area contributed by atoms with Crippen LogP contribution < -0.4 is 9.64 Å². The maximum absolute atomic E-state index is 12.7. The number of carbonyl (C=O) groups excluding carboxylic acids is 1. The molecule has 4 rings (SSSR count). The molecule has 0 spiro atoms. The van der Waals surface area contributed by atoms with Gasteiger partial charge in [-0.25, -0.2) is 0 Å². The quantitative estimate of drug-likeness (QED) is 0.706. The molecule has 1 N–H and O–H groups in total. The van der Waals surface area contributed by atoms with Crippen LogP contribution in [-0.4, -0.2) is 43.6 Å². The predicted molar refractivity (Wildman–Crippen MR) is 115 cm³/mol. The summed E-state index contributed by atoms with van der Waals surface area (Å²) >= 11 is 0. The highest BCUT2D eigenvalue weighted by molar-refractivity contribution is 5.78. The molecule has 0 unspecified atom stereocenters. The van der Waals surface area contributed by atoms with Crippen LogP contribution in [0.3, 0.4) is 0 Å². The number of hydrogen-bond donors (Lipinski definition) is 1. The minimum atomic E-state index is 0.0617. The highest BCUT2D eigenvalue weighted by Gasteiger charge is 2.24. The first-order valence-electron chi connectivity index (χ1n) is 10.2. The number of ether oxygens (including phenoxy) is 1. The summed E-state index contributed by atoms with van der Waals surface area (Å²) in [5.74, 6) is 0.812. The molecular weight excluding hydrogens is 360 g/mol. The lowest BCUT2D eigenvalue weighted by atomic mass is 10.1. The maximum Gasteiger partial charge on any atom is 0.260 e. The minimum absolute atomic E-state index is 0.0617. The van der Waals surface area contributed by atoms with Gasteiger partial charge in [-0.15, -0.1) is 0 Å². The second kappa shape index (κ2) is 9.39. The van der Waals surface area contributed by atoms with Gasteiger partial charge in [-0.2, -0.15) is 0 Å². The van der Waals surface area contributed by atoms with Gasteiger partial charge >= 0.3 is 0 Å². The molecule has 3 aromatic carbocycles. The Kier molecular flexibility index (Phi) is 6.22. The first kappa shape index (κ1) is 19.2. The highest BCUT2D eigenvalue weighted by Crippen LogP contribution is 2.29. The molecule has 0 saturated carbocycles. The van der Waals surface area contributed by atoms with Crippen LogP contribution in [0.4, 0.5) is 0 Å². The number of rotatable bonds is 6. The lowest BCUT2D eigenvalue weighted by Crippen LogP contribution is -3.13. The highest BCUT2D eigenvalue weighted by atomic mass is 16.5. The molecule has 0 atom stereocenters. The average molecular weight is 388 g/mol. The summed E-state index contributed by atoms with van der Waals surface area (Å²) in [5.41, 5.74) is 3.45. The van der Waals surface area contributed by atoms with E-state index in [1.165, 1.54) is 10.5 Å². The van der Waals surface area contributed by atoms with E-state index in [0.717, 1.165) is 49.6 Å². The Hall–Kier alpha value is -3.11. The van der Waals surface area contributed by atoms with E-state index >= 15 is 0 Å². The number of amides is 1. The summed E-state index contributed by atoms with van der Waals surface area (Å²) < 4.78 is 5.93. The van der Waals surface area contributed by atoms with Gasteiger partial charge in [-0.05, 0) is 11.6 Å². The summed E-state index contributed by atoms with van der Waals surface area (Å²) in [6.07, 6.45) is 0. The summed E-state index contributed by atoms with van der Waals surface area (Å²) in [6.45, 7) is 4.61. The molecule has 1 aliphatic rings. The number of nitrogens with one attached hydrogen (secondary N) is 1. The summed E-state index contributed by atoms with van der Waals surface area (Å²) in [7, 11) is 0. The fourth-order valence-corrected chi connectivity index (χ4v) is 3.81. The largest absolute Gasteiger partial charge is 0.483 e. The Labute approximate surface area is 172 Å². The summed E-state index contributed by atoms with van der Waals surface area (Å²) in [4.78, 5) is 16.1. The smallest absolute Gasteiger partial charge is 0.260 e. The molecule has 29 heavy (non-hydrogen) atoms. The van der Waals surface area contributed by atoms with Crippen molar-refractivity contribution in [2.24, 2.45) is 0 Å². The van der Waals surface area contributed by atoms with Crippen molar-refractivity contribution in [3.63, 3.8) is 0 Å². The van der Waals surface area contributed by atoms with E-state index in [-0.39, 0.29) is 12.5 Å². The number of piperazine rings is 1. The van der Waals surface area contributed by atoms with Crippen molar-refractivity contribution in [1.29, 1.82) is 0 Å². The van der Waals surface area contributed by atoms with E-state index in [4.69, 9.17) is 4.74 Å². The van der Waals surface area contributed by atoms with E-state index in [0.29, 0.717) is 0 Å². The molecule has 0 bridgehead atoms. The number of nitrogens with zero attached hydrogens (tertiary/aromatic N) is 1. The predicted octanol–water partition coefficient (Wildman–Crippen LogP) is 2.66. The van der Waals surface area contributed by atoms with Crippen LogP contribution in [0.5, 0.6) is 5.75 Å². The number of carbonyl (C=O) groups is 1. The van der Waals surface area contributed by atoms with Crippen molar-refractivity contribution in [2.45, 2.75) is 6.54 Å². The van der Waals surface area contributed by atoms with E-state index in [1.807, 2.05) is 53.4 Å². The number of quaternary nitrogens is 1. The SMILES string of the molecule is O=C(COc1ccccc1-c1ccccc1)N1CC[NH+](Cc2ccccc2)CC1. The van der Waals surface area contributed by atoms with Gasteiger partial charge in [-0.1, -0.05) is 78.9 Å². The molecule has 1 aliphatic heterocycles. The molecule has 0 aliphatic carbocycles. The van der Waals surface area contributed by atoms with Crippen LogP contribution in [0, 0.1) is 0 Å². The maximum atomic E-state index is 12.7. The molecular formula is C25H27N2O2+. The van der Waals surface area contributed by atoms with Crippen molar-refractivity contribution < 1.29 is 14.4 Å². The van der Waals surface area contributed by atoms with Gasteiger partial charge in [0.05, 0.1) is 26.2 Å². The Balaban J connectivity index is 1.30. The third-order valence-electron chi connectivity index (χ3n) is 5.44. The summed E-state index contributed by atoms with van der Waals surface area (Å²) in [5, 5.41) is 0. The van der Waals surface area contributed by atoms with E-state index < -0.39 is 0 Å². The van der Waals surface area contributed by atoms with Crippen LogP contribution in [0.15, 0.2) is 84.9 Å². The third kappa shape index (κ3) is 5.04. The van der Waals surface area contributed by atoms with Crippen LogP contribution in [-0.2, 0) is 11.3 Å². The number of hydrogen-bond acceptors (Lipinski definition) is 2. The van der Waals surface area contributed by atoms with Gasteiger partial charge in [0.2, 0.25) is 0 Å². The first-order chi connectivity index (χ1) is 14.3. The fraction of sp³-hybridized carbons (Fsp3) is 0.240. The van der Waals surface area contributed by atoms with Gasteiger partial charge in [0.15, 0.2) is 6.61 Å². The van der Waals surface area contributed by atoms with Gasteiger partial charge < -0.3 is 14.5 Å². The zero-order valence-electron chi connectivity index (χ0n) is 16.6. The third-order valence-corrected chi connectivity index (χ3v) is 5.44. The van der Waals surface area contributed by atoms with Gasteiger partial charge in [0.1, 0.15) is 12.3 Å². The van der Waals surface area contributed by atoms with E-state index in [9.17, 15) is 4.79 Å². The molecule has 4 nitrogen and oxygen atoms in total. The molecule has 0 radical (unpaired) electrons. The molecule has 1 heterocycles. The molecule has 0 aromatic heterocycles. The number of para-hydroxylation sites is 1. The Bertz CT molecular complexity index is 920. The standard InChI is InChI=1S/C25H26N2O2/c28-25(27-17-15-26(16-18-27)19-21-9-3-1-4-10-21)20-29-24-14-8-7-13-23(24)22-11-5-2-6-12-22/h1-14H,15-20H2/p+1. The van der Waals surface area contributed by atoms with Crippen molar-refractivity contribution >= 4 is 5.91 Å². The van der Waals surface area contributed by atoms with Gasteiger partial charge in [0, 0.05) is 11.1 Å². The monoisotopic (exact) mass is 387 g/mol. The first-order valence-corrected chi connectivity index (χ1v) is 10.2. The van der Waals surface area contributed by atoms with Gasteiger partial charge in [-0.3, -0.25) is 4.79 Å². The van der Waals surface area contributed by atoms with E-state index in [1.54, 1.807) is 0 Å². The summed E-state index contributed by atoms with van der Waals surface area (Å²) in [6, 6.07) is 28.6. The van der Waals surface area contributed by atoms with Crippen molar-refractivity contribution in [2.75, 3.05) is 32.8 Å². The average Bonchev–Trinajstić information content (AvgIpc) is 2.79. The minimum Gasteiger partial charge on any atom is -0.483 e. The molecule has 4 heteroatoms. The molecule has 148 valence electrons.